The quantitative estimate of drug-likeness (QED) is 0.780. The minimum atomic E-state index is 0.738. The third-order valence-electron chi connectivity index (χ3n) is 2.54. The highest BCUT2D eigenvalue weighted by Crippen LogP contribution is 2.19. The van der Waals surface area contributed by atoms with Crippen LogP contribution in [0.1, 0.15) is 18.5 Å². The largest absolute Gasteiger partial charge is 0.308 e. The van der Waals surface area contributed by atoms with E-state index in [1.165, 1.54) is 18.5 Å². The summed E-state index contributed by atoms with van der Waals surface area (Å²) in [6, 6.07) is 0.738. The molecule has 0 bridgehead atoms. The molecular weight excluding hydrogens is 176 g/mol. The van der Waals surface area contributed by atoms with Crippen LogP contribution in [-0.2, 0) is 6.54 Å². The molecule has 14 heavy (non-hydrogen) atoms. The first-order valence-electron chi connectivity index (χ1n) is 4.93. The minimum absolute atomic E-state index is 0.738. The van der Waals surface area contributed by atoms with E-state index in [4.69, 9.17) is 0 Å². The molecule has 1 saturated carbocycles. The van der Waals surface area contributed by atoms with Gasteiger partial charge in [-0.1, -0.05) is 0 Å². The molecule has 2 heterocycles. The summed E-state index contributed by atoms with van der Waals surface area (Å²) in [6.07, 6.45) is 10.1. The van der Waals surface area contributed by atoms with Crippen LogP contribution in [0, 0.1) is 0 Å². The van der Waals surface area contributed by atoms with Crippen molar-refractivity contribution in [1.82, 2.24) is 19.7 Å². The third kappa shape index (κ3) is 1.37. The molecule has 1 fully saturated rings. The zero-order chi connectivity index (χ0) is 9.38. The predicted octanol–water partition coefficient (Wildman–Crippen LogP) is 0.981. The van der Waals surface area contributed by atoms with Crippen molar-refractivity contribution < 1.29 is 0 Å². The molecule has 0 radical (unpaired) electrons. The van der Waals surface area contributed by atoms with Gasteiger partial charge >= 0.3 is 0 Å². The molecule has 4 nitrogen and oxygen atoms in total. The van der Waals surface area contributed by atoms with Crippen molar-refractivity contribution >= 4 is 5.65 Å². The highest BCUT2D eigenvalue weighted by molar-refractivity contribution is 5.36. The summed E-state index contributed by atoms with van der Waals surface area (Å²) in [5.74, 6) is 0. The molecule has 0 aromatic carbocycles. The normalized spacial score (nSPS) is 16.3. The summed E-state index contributed by atoms with van der Waals surface area (Å²) >= 11 is 0. The van der Waals surface area contributed by atoms with E-state index < -0.39 is 0 Å². The molecule has 2 aromatic rings. The smallest absolute Gasteiger partial charge is 0.155 e. The van der Waals surface area contributed by atoms with Gasteiger partial charge in [0.15, 0.2) is 5.65 Å². The Kier molecular flexibility index (Phi) is 1.73. The maximum atomic E-state index is 4.28. The van der Waals surface area contributed by atoms with E-state index in [0.29, 0.717) is 0 Å². The maximum absolute atomic E-state index is 4.28. The van der Waals surface area contributed by atoms with E-state index >= 15 is 0 Å². The molecular formula is C10H12N4. The van der Waals surface area contributed by atoms with Crippen LogP contribution in [0.15, 0.2) is 24.8 Å². The number of hydrogen-bond acceptors (Lipinski definition) is 3. The van der Waals surface area contributed by atoms with Gasteiger partial charge in [-0.05, 0) is 12.8 Å². The Bertz CT molecular complexity index is 444. The molecule has 3 rings (SSSR count). The molecule has 0 unspecified atom stereocenters. The van der Waals surface area contributed by atoms with Crippen LogP contribution >= 0.6 is 0 Å². The van der Waals surface area contributed by atoms with Crippen molar-refractivity contribution in [2.45, 2.75) is 25.4 Å². The first kappa shape index (κ1) is 7.94. The van der Waals surface area contributed by atoms with Gasteiger partial charge in [-0.25, -0.2) is 4.98 Å². The van der Waals surface area contributed by atoms with Crippen LogP contribution in [0.4, 0.5) is 0 Å². The Morgan fingerprint density at radius 3 is 3.21 bits per heavy atom. The van der Waals surface area contributed by atoms with Gasteiger partial charge in [-0.2, -0.15) is 0 Å². The summed E-state index contributed by atoms with van der Waals surface area (Å²) in [7, 11) is 0. The highest BCUT2D eigenvalue weighted by Gasteiger charge is 2.20. The first-order valence-corrected chi connectivity index (χ1v) is 4.93. The maximum Gasteiger partial charge on any atom is 0.155 e. The number of nitrogens with zero attached hydrogens (tertiary/aromatic N) is 3. The fourth-order valence-corrected chi connectivity index (χ4v) is 1.56. The van der Waals surface area contributed by atoms with E-state index in [1.54, 1.807) is 12.4 Å². The molecule has 4 heteroatoms. The Morgan fingerprint density at radius 2 is 2.36 bits per heavy atom. The summed E-state index contributed by atoms with van der Waals surface area (Å²) in [4.78, 5) is 8.31. The molecule has 72 valence electrons. The number of nitrogens with one attached hydrogen (secondary N) is 1. The molecule has 0 saturated heterocycles. The second-order valence-electron chi connectivity index (χ2n) is 3.71. The van der Waals surface area contributed by atoms with Crippen molar-refractivity contribution in [1.29, 1.82) is 0 Å². The van der Waals surface area contributed by atoms with Gasteiger partial charge in [0.2, 0.25) is 0 Å². The average molecular weight is 188 g/mol. The van der Waals surface area contributed by atoms with Crippen LogP contribution in [0.2, 0.25) is 0 Å². The van der Waals surface area contributed by atoms with Gasteiger partial charge in [0, 0.05) is 25.0 Å². The molecule has 0 atom stereocenters. The summed E-state index contributed by atoms with van der Waals surface area (Å²) in [5, 5.41) is 3.47. The SMILES string of the molecule is c1cn2c(CNC3CC3)cnc2cn1. The van der Waals surface area contributed by atoms with E-state index in [0.717, 1.165) is 18.2 Å². The Balaban J connectivity index is 1.87. The molecule has 0 amide bonds. The van der Waals surface area contributed by atoms with E-state index in [-0.39, 0.29) is 0 Å². The zero-order valence-corrected chi connectivity index (χ0v) is 7.85. The summed E-state index contributed by atoms with van der Waals surface area (Å²) < 4.78 is 2.07. The lowest BCUT2D eigenvalue weighted by molar-refractivity contribution is 0.670. The molecule has 0 aliphatic heterocycles. The lowest BCUT2D eigenvalue weighted by Crippen LogP contribution is -2.16. The second kappa shape index (κ2) is 3.06. The first-order chi connectivity index (χ1) is 6.93. The molecule has 0 spiro atoms. The van der Waals surface area contributed by atoms with Gasteiger partial charge in [-0.3, -0.25) is 9.38 Å². The van der Waals surface area contributed by atoms with E-state index in [2.05, 4.69) is 19.7 Å². The molecule has 1 aliphatic rings. The van der Waals surface area contributed by atoms with Crippen molar-refractivity contribution in [3.05, 3.63) is 30.5 Å². The van der Waals surface area contributed by atoms with Gasteiger partial charge in [0.25, 0.3) is 0 Å². The fourth-order valence-electron chi connectivity index (χ4n) is 1.56. The van der Waals surface area contributed by atoms with Crippen molar-refractivity contribution in [3.8, 4) is 0 Å². The van der Waals surface area contributed by atoms with E-state index in [9.17, 15) is 0 Å². The van der Waals surface area contributed by atoms with Crippen molar-refractivity contribution in [2.24, 2.45) is 0 Å². The summed E-state index contributed by atoms with van der Waals surface area (Å²) in [6.45, 7) is 0.899. The number of hydrogen-bond donors (Lipinski definition) is 1. The topological polar surface area (TPSA) is 42.2 Å². The van der Waals surface area contributed by atoms with Crippen LogP contribution < -0.4 is 5.32 Å². The van der Waals surface area contributed by atoms with Gasteiger partial charge in [0.1, 0.15) is 0 Å². The Labute approximate surface area is 82.0 Å². The van der Waals surface area contributed by atoms with Gasteiger partial charge in [0.05, 0.1) is 18.1 Å². The second-order valence-corrected chi connectivity index (χ2v) is 3.71. The van der Waals surface area contributed by atoms with Gasteiger partial charge < -0.3 is 5.32 Å². The predicted molar refractivity (Wildman–Crippen MR) is 52.8 cm³/mol. The van der Waals surface area contributed by atoms with Crippen LogP contribution in [-0.4, -0.2) is 20.4 Å². The third-order valence-corrected chi connectivity index (χ3v) is 2.54. The standard InChI is InChI=1S/C10H12N4/c1-2-8(1)12-5-9-6-13-10-7-11-3-4-14(9)10/h3-4,6-8,12H,1-2,5H2. The monoisotopic (exact) mass is 188 g/mol. The lowest BCUT2D eigenvalue weighted by Gasteiger charge is -2.01. The van der Waals surface area contributed by atoms with Crippen LogP contribution in [0.5, 0.6) is 0 Å². The molecule has 1 aliphatic carbocycles. The number of fused-ring (bicyclic) bond motifs is 1. The number of aromatic nitrogens is 3. The minimum Gasteiger partial charge on any atom is -0.308 e. The fraction of sp³-hybridized carbons (Fsp3) is 0.400. The van der Waals surface area contributed by atoms with E-state index in [1.807, 2.05) is 12.4 Å². The average Bonchev–Trinajstić information content (AvgIpc) is 2.96. The van der Waals surface area contributed by atoms with Crippen LogP contribution in [0.3, 0.4) is 0 Å². The van der Waals surface area contributed by atoms with Crippen LogP contribution in [0.25, 0.3) is 5.65 Å². The number of imidazole rings is 1. The number of rotatable bonds is 3. The zero-order valence-electron chi connectivity index (χ0n) is 7.85. The van der Waals surface area contributed by atoms with Crippen molar-refractivity contribution in [2.75, 3.05) is 0 Å². The van der Waals surface area contributed by atoms with Gasteiger partial charge in [-0.15, -0.1) is 0 Å². The van der Waals surface area contributed by atoms with Crippen molar-refractivity contribution in [3.63, 3.8) is 0 Å². The summed E-state index contributed by atoms with van der Waals surface area (Å²) in [5.41, 5.74) is 2.12. The Morgan fingerprint density at radius 1 is 1.43 bits per heavy atom. The highest BCUT2D eigenvalue weighted by atomic mass is 15.1. The lowest BCUT2D eigenvalue weighted by atomic mass is 10.4. The Hall–Kier alpha value is -1.42. The molecule has 1 N–H and O–H groups in total. The molecule has 2 aromatic heterocycles.